The molecule has 1 fully saturated rings. The molecule has 5 heteroatoms. The summed E-state index contributed by atoms with van der Waals surface area (Å²) in [4.78, 5) is 8.90. The van der Waals surface area contributed by atoms with Gasteiger partial charge >= 0.3 is 0 Å². The van der Waals surface area contributed by atoms with E-state index in [0.29, 0.717) is 5.25 Å². The van der Waals surface area contributed by atoms with Crippen LogP contribution in [0.4, 0.5) is 5.82 Å². The van der Waals surface area contributed by atoms with Crippen LogP contribution in [0.3, 0.4) is 0 Å². The van der Waals surface area contributed by atoms with Crippen LogP contribution in [0.25, 0.3) is 0 Å². The molecule has 0 radical (unpaired) electrons. The highest BCUT2D eigenvalue weighted by Gasteiger charge is 2.22. The first kappa shape index (κ1) is 11.7. The first-order chi connectivity index (χ1) is 7.70. The normalized spacial score (nSPS) is 15.9. The van der Waals surface area contributed by atoms with E-state index < -0.39 is 0 Å². The van der Waals surface area contributed by atoms with Gasteiger partial charge in [0.25, 0.3) is 0 Å². The molecule has 0 atom stereocenters. The number of hydrogen-bond acceptors (Lipinski definition) is 5. The van der Waals surface area contributed by atoms with E-state index in [1.807, 2.05) is 6.92 Å². The van der Waals surface area contributed by atoms with Crippen LogP contribution < -0.4 is 5.32 Å². The minimum Gasteiger partial charge on any atom is -0.379 e. The fourth-order valence-electron chi connectivity index (χ4n) is 1.50. The molecule has 0 spiro atoms. The number of ether oxygens (including phenoxy) is 1. The van der Waals surface area contributed by atoms with E-state index in [1.54, 1.807) is 11.8 Å². The van der Waals surface area contributed by atoms with Crippen molar-refractivity contribution in [3.63, 3.8) is 0 Å². The second kappa shape index (κ2) is 5.01. The van der Waals surface area contributed by atoms with Crippen molar-refractivity contribution >= 4 is 17.6 Å². The summed E-state index contributed by atoms with van der Waals surface area (Å²) in [6.45, 7) is 8.63. The average molecular weight is 239 g/mol. The maximum absolute atomic E-state index is 5.18. The molecule has 0 amide bonds. The number of hydrogen-bond donors (Lipinski definition) is 1. The Kier molecular flexibility index (Phi) is 3.66. The number of anilines is 1. The van der Waals surface area contributed by atoms with Crippen LogP contribution >= 0.6 is 11.8 Å². The highest BCUT2D eigenvalue weighted by Crippen LogP contribution is 2.31. The third-order valence-electron chi connectivity index (χ3n) is 2.44. The van der Waals surface area contributed by atoms with Crippen LogP contribution in [-0.2, 0) is 4.74 Å². The van der Waals surface area contributed by atoms with Crippen molar-refractivity contribution in [1.82, 2.24) is 9.97 Å². The van der Waals surface area contributed by atoms with E-state index in [9.17, 15) is 0 Å². The third-order valence-corrected chi connectivity index (χ3v) is 3.67. The first-order valence-corrected chi connectivity index (χ1v) is 6.42. The van der Waals surface area contributed by atoms with Gasteiger partial charge in [-0.05, 0) is 20.8 Å². The Balaban J connectivity index is 2.21. The van der Waals surface area contributed by atoms with E-state index >= 15 is 0 Å². The Morgan fingerprint density at radius 2 is 2.12 bits per heavy atom. The van der Waals surface area contributed by atoms with E-state index in [0.717, 1.165) is 42.0 Å². The van der Waals surface area contributed by atoms with Crippen molar-refractivity contribution in [2.45, 2.75) is 31.0 Å². The summed E-state index contributed by atoms with van der Waals surface area (Å²) >= 11 is 1.80. The van der Waals surface area contributed by atoms with Crippen LogP contribution in [0, 0.1) is 13.8 Å². The third kappa shape index (κ3) is 2.47. The smallest absolute Gasteiger partial charge is 0.133 e. The molecule has 1 saturated heterocycles. The zero-order chi connectivity index (χ0) is 11.5. The lowest BCUT2D eigenvalue weighted by molar-refractivity contribution is 0.0454. The lowest BCUT2D eigenvalue weighted by Crippen LogP contribution is -2.30. The molecule has 2 heterocycles. The molecule has 0 bridgehead atoms. The Hall–Kier alpha value is -0.810. The van der Waals surface area contributed by atoms with Crippen molar-refractivity contribution in [3.8, 4) is 0 Å². The first-order valence-electron chi connectivity index (χ1n) is 5.54. The topological polar surface area (TPSA) is 47.0 Å². The lowest BCUT2D eigenvalue weighted by Gasteiger charge is -2.25. The van der Waals surface area contributed by atoms with Gasteiger partial charge in [-0.1, -0.05) is 11.8 Å². The molecule has 1 aliphatic rings. The molecule has 16 heavy (non-hydrogen) atoms. The summed E-state index contributed by atoms with van der Waals surface area (Å²) in [6.07, 6.45) is 0. The summed E-state index contributed by atoms with van der Waals surface area (Å²) in [7, 11) is 0. The zero-order valence-electron chi connectivity index (χ0n) is 9.91. The number of rotatable bonds is 4. The summed E-state index contributed by atoms with van der Waals surface area (Å²) in [5.41, 5.74) is 1.14. The van der Waals surface area contributed by atoms with Gasteiger partial charge in [-0.15, -0.1) is 0 Å². The Morgan fingerprint density at radius 1 is 1.38 bits per heavy atom. The van der Waals surface area contributed by atoms with Crippen molar-refractivity contribution in [2.75, 3.05) is 25.1 Å². The largest absolute Gasteiger partial charge is 0.379 e. The number of aromatic nitrogens is 2. The van der Waals surface area contributed by atoms with E-state index in [1.165, 1.54) is 0 Å². The van der Waals surface area contributed by atoms with Gasteiger partial charge in [0, 0.05) is 12.1 Å². The van der Waals surface area contributed by atoms with Crippen LogP contribution in [0.1, 0.15) is 18.3 Å². The monoisotopic (exact) mass is 239 g/mol. The Morgan fingerprint density at radius 3 is 2.69 bits per heavy atom. The minimum absolute atomic E-state index is 0.558. The molecule has 1 aromatic heterocycles. The van der Waals surface area contributed by atoms with Gasteiger partial charge in [-0.3, -0.25) is 0 Å². The molecule has 1 N–H and O–H groups in total. The van der Waals surface area contributed by atoms with Gasteiger partial charge in [-0.2, -0.15) is 0 Å². The second-order valence-electron chi connectivity index (χ2n) is 3.86. The van der Waals surface area contributed by atoms with Crippen LogP contribution in [0.15, 0.2) is 5.03 Å². The van der Waals surface area contributed by atoms with Crippen molar-refractivity contribution in [1.29, 1.82) is 0 Å². The van der Waals surface area contributed by atoms with Crippen molar-refractivity contribution < 1.29 is 4.74 Å². The molecular formula is C11H17N3OS. The Bertz CT molecular complexity index is 380. The molecule has 0 aromatic carbocycles. The van der Waals surface area contributed by atoms with E-state index in [4.69, 9.17) is 4.74 Å². The van der Waals surface area contributed by atoms with Crippen LogP contribution in [0.5, 0.6) is 0 Å². The van der Waals surface area contributed by atoms with Gasteiger partial charge in [0.15, 0.2) is 0 Å². The van der Waals surface area contributed by atoms with Gasteiger partial charge in [0.1, 0.15) is 16.7 Å². The zero-order valence-corrected chi connectivity index (χ0v) is 10.7. The minimum atomic E-state index is 0.558. The summed E-state index contributed by atoms with van der Waals surface area (Å²) < 4.78 is 5.18. The maximum Gasteiger partial charge on any atom is 0.133 e. The molecule has 0 aliphatic carbocycles. The maximum atomic E-state index is 5.18. The molecular weight excluding hydrogens is 222 g/mol. The summed E-state index contributed by atoms with van der Waals surface area (Å²) in [6, 6.07) is 0. The van der Waals surface area contributed by atoms with Gasteiger partial charge in [0.2, 0.25) is 0 Å². The highest BCUT2D eigenvalue weighted by atomic mass is 32.2. The Labute approximate surface area is 100 Å². The highest BCUT2D eigenvalue weighted by molar-refractivity contribution is 8.00. The number of aryl methyl sites for hydroxylation is 1. The molecule has 88 valence electrons. The molecule has 1 aliphatic heterocycles. The number of nitrogens with one attached hydrogen (secondary N) is 1. The number of thioether (sulfide) groups is 1. The SMILES string of the molecule is CCNc1nc(C)nc(SC2COC2)c1C. The van der Waals surface area contributed by atoms with E-state index in [-0.39, 0.29) is 0 Å². The lowest BCUT2D eigenvalue weighted by atomic mass is 10.3. The average Bonchev–Trinajstić information content (AvgIpc) is 2.18. The van der Waals surface area contributed by atoms with Gasteiger partial charge in [0.05, 0.1) is 18.5 Å². The quantitative estimate of drug-likeness (QED) is 0.814. The van der Waals surface area contributed by atoms with Gasteiger partial charge in [-0.25, -0.2) is 9.97 Å². The standard InChI is InChI=1S/C11H17N3OS/c1-4-12-10-7(2)11(14-8(3)13-10)16-9-5-15-6-9/h9H,4-6H2,1-3H3,(H,12,13,14). The summed E-state index contributed by atoms with van der Waals surface area (Å²) in [5, 5.41) is 4.91. The van der Waals surface area contributed by atoms with Crippen molar-refractivity contribution in [3.05, 3.63) is 11.4 Å². The molecule has 0 saturated carbocycles. The van der Waals surface area contributed by atoms with Crippen LogP contribution in [0.2, 0.25) is 0 Å². The van der Waals surface area contributed by atoms with Crippen LogP contribution in [-0.4, -0.2) is 35.0 Å². The predicted molar refractivity (Wildman–Crippen MR) is 66.1 cm³/mol. The fourth-order valence-corrected chi connectivity index (χ4v) is 2.60. The molecule has 4 nitrogen and oxygen atoms in total. The van der Waals surface area contributed by atoms with E-state index in [2.05, 4.69) is 29.1 Å². The number of nitrogens with zero attached hydrogens (tertiary/aromatic N) is 2. The second-order valence-corrected chi connectivity index (χ2v) is 5.15. The van der Waals surface area contributed by atoms with Crippen molar-refractivity contribution in [2.24, 2.45) is 0 Å². The molecule has 0 unspecified atom stereocenters. The predicted octanol–water partition coefficient (Wildman–Crippen LogP) is 2.02. The van der Waals surface area contributed by atoms with Gasteiger partial charge < -0.3 is 10.1 Å². The molecule has 1 aromatic rings. The molecule has 2 rings (SSSR count). The summed E-state index contributed by atoms with van der Waals surface area (Å²) in [5.74, 6) is 1.78. The fraction of sp³-hybridized carbons (Fsp3) is 0.636.